The summed E-state index contributed by atoms with van der Waals surface area (Å²) >= 11 is 17.3. The van der Waals surface area contributed by atoms with Gasteiger partial charge in [-0.05, 0) is 19.1 Å². The summed E-state index contributed by atoms with van der Waals surface area (Å²) in [7, 11) is -2.34. The van der Waals surface area contributed by atoms with Crippen LogP contribution in [-0.4, -0.2) is 74.8 Å². The van der Waals surface area contributed by atoms with Gasteiger partial charge in [-0.25, -0.2) is 9.59 Å². The largest absolute Gasteiger partial charge is 0.509 e. The molecular formula is C28H40Cl3NO9Si. The number of halogens is 3. The highest BCUT2D eigenvalue weighted by molar-refractivity contribution is 6.71. The maximum atomic E-state index is 12.9. The lowest BCUT2D eigenvalue weighted by molar-refractivity contribution is -0.335. The fourth-order valence-corrected chi connectivity index (χ4v) is 6.91. The molecule has 0 radical (unpaired) electrons. The number of carbonyl (C=O) groups is 2. The van der Waals surface area contributed by atoms with Crippen LogP contribution in [0.2, 0.25) is 19.1 Å². The Balaban J connectivity index is 1.90. The molecule has 3 rings (SSSR count). The molecule has 6 atom stereocenters. The number of hydrogen-bond acceptors (Lipinski definition) is 9. The van der Waals surface area contributed by atoms with Crippen LogP contribution in [0.5, 0.6) is 0 Å². The lowest BCUT2D eigenvalue weighted by Gasteiger charge is -2.49. The van der Waals surface area contributed by atoms with Crippen LogP contribution in [0.1, 0.15) is 44.5 Å². The quantitative estimate of drug-likeness (QED) is 0.0798. The summed E-state index contributed by atoms with van der Waals surface area (Å²) in [6.07, 6.45) is -0.652. The Morgan fingerprint density at radius 2 is 1.86 bits per heavy atom. The molecule has 0 aliphatic carbocycles. The van der Waals surface area contributed by atoms with Gasteiger partial charge in [-0.3, -0.25) is 0 Å². The third-order valence-corrected chi connectivity index (χ3v) is 9.44. The van der Waals surface area contributed by atoms with Gasteiger partial charge in [0.05, 0.1) is 6.61 Å². The lowest BCUT2D eigenvalue weighted by Crippen LogP contribution is -2.68. The van der Waals surface area contributed by atoms with Crippen LogP contribution in [0, 0.1) is 0 Å². The number of hydrogen-bond donors (Lipinski definition) is 1. The Morgan fingerprint density at radius 3 is 2.52 bits per heavy atom. The number of benzene rings is 1. The monoisotopic (exact) mass is 667 g/mol. The summed E-state index contributed by atoms with van der Waals surface area (Å²) in [5.74, 6) is 0. The van der Waals surface area contributed by atoms with E-state index in [-0.39, 0.29) is 13.2 Å². The van der Waals surface area contributed by atoms with Crippen molar-refractivity contribution >= 4 is 55.4 Å². The van der Waals surface area contributed by atoms with Crippen LogP contribution < -0.4 is 5.32 Å². The summed E-state index contributed by atoms with van der Waals surface area (Å²) in [6.45, 7) is 9.38. The number of alkyl carbamates (subject to hydrolysis) is 1. The second kappa shape index (κ2) is 16.5. The van der Waals surface area contributed by atoms with Gasteiger partial charge in [0.15, 0.2) is 27.0 Å². The molecule has 0 saturated carbocycles. The molecule has 2 saturated heterocycles. The van der Waals surface area contributed by atoms with Gasteiger partial charge in [-0.1, -0.05) is 110 Å². The molecule has 2 aliphatic rings. The highest BCUT2D eigenvalue weighted by atomic mass is 35.6. The summed E-state index contributed by atoms with van der Waals surface area (Å²) in [5.41, 5.74) is 0.759. The molecule has 1 aromatic carbocycles. The zero-order valence-corrected chi connectivity index (χ0v) is 27.4. The first-order chi connectivity index (χ1) is 19.9. The Hall–Kier alpha value is -1.57. The highest BCUT2D eigenvalue weighted by Crippen LogP contribution is 2.37. The maximum absolute atomic E-state index is 12.9. The number of fused-ring (bicyclic) bond motifs is 1. The minimum absolute atomic E-state index is 0.0756. The number of carbonyl (C=O) groups excluding carboxylic acids is 2. The van der Waals surface area contributed by atoms with Crippen molar-refractivity contribution in [1.82, 2.24) is 5.32 Å². The normalized spacial score (nSPS) is 26.0. The summed E-state index contributed by atoms with van der Waals surface area (Å²) in [6, 6.07) is 9.08. The summed E-state index contributed by atoms with van der Waals surface area (Å²) in [4.78, 5) is 25.6. The van der Waals surface area contributed by atoms with Gasteiger partial charge < -0.3 is 38.2 Å². The van der Waals surface area contributed by atoms with Crippen LogP contribution in [0.4, 0.5) is 9.59 Å². The average Bonchev–Trinajstić information content (AvgIpc) is 2.94. The third kappa shape index (κ3) is 11.2. The van der Waals surface area contributed by atoms with Crippen molar-refractivity contribution in [2.75, 3.05) is 19.8 Å². The van der Waals surface area contributed by atoms with Crippen molar-refractivity contribution in [1.29, 1.82) is 0 Å². The molecule has 0 unspecified atom stereocenters. The van der Waals surface area contributed by atoms with Crippen LogP contribution >= 0.6 is 34.8 Å². The number of rotatable bonds is 13. The number of alkyl halides is 3. The number of amides is 1. The van der Waals surface area contributed by atoms with Gasteiger partial charge in [0, 0.05) is 5.56 Å². The van der Waals surface area contributed by atoms with Crippen molar-refractivity contribution in [3.63, 3.8) is 0 Å². The van der Waals surface area contributed by atoms with E-state index in [4.69, 9.17) is 67.7 Å². The van der Waals surface area contributed by atoms with E-state index >= 15 is 0 Å². The lowest BCUT2D eigenvalue weighted by atomic mass is 9.95. The Kier molecular flexibility index (Phi) is 13.7. The zero-order chi connectivity index (χ0) is 30.8. The van der Waals surface area contributed by atoms with Gasteiger partial charge in [-0.2, -0.15) is 0 Å². The molecule has 0 bridgehead atoms. The van der Waals surface area contributed by atoms with Crippen molar-refractivity contribution in [3.05, 3.63) is 48.6 Å². The minimum Gasteiger partial charge on any atom is -0.445 e. The fraction of sp³-hybridized carbons (Fsp3) is 0.643. The SMILES string of the molecule is C=CCOC(=O)O[C@@H]1[C@@H](NC(=O)OCC(Cl)(Cl)Cl)[C@H](O[Si](C)(C)CCCCCC)O[C@@H]2CO[C@@H](c3ccccc3)O[C@@H]12. The van der Waals surface area contributed by atoms with E-state index < -0.39 is 67.9 Å². The van der Waals surface area contributed by atoms with Crippen molar-refractivity contribution in [2.45, 2.75) is 92.5 Å². The molecule has 1 N–H and O–H groups in total. The topological polar surface area (TPSA) is 111 Å². The van der Waals surface area contributed by atoms with E-state index in [0.717, 1.165) is 37.3 Å². The third-order valence-electron chi connectivity index (χ3n) is 6.68. The fourth-order valence-electron chi connectivity index (χ4n) is 4.69. The molecule has 1 aromatic rings. The Morgan fingerprint density at radius 1 is 1.12 bits per heavy atom. The van der Waals surface area contributed by atoms with Crippen molar-refractivity contribution in [2.24, 2.45) is 0 Å². The Bertz CT molecular complexity index is 1010. The van der Waals surface area contributed by atoms with Crippen LogP contribution in [0.25, 0.3) is 0 Å². The van der Waals surface area contributed by atoms with E-state index in [1.54, 1.807) is 0 Å². The van der Waals surface area contributed by atoms with Crippen LogP contribution in [-0.2, 0) is 32.8 Å². The number of nitrogens with one attached hydrogen (secondary N) is 1. The van der Waals surface area contributed by atoms with Crippen molar-refractivity contribution < 1.29 is 42.4 Å². The molecular weight excluding hydrogens is 629 g/mol. The Labute approximate surface area is 263 Å². The van der Waals surface area contributed by atoms with E-state index in [9.17, 15) is 9.59 Å². The standard InChI is InChI=1S/C28H40Cl3NO9Si/c1-5-7-8-12-16-42(3,4)41-25-21(32-26(33)37-18-28(29,30)31)23(40-27(34)35-15-6-2)22-20(38-25)17-36-24(39-22)19-13-10-9-11-14-19/h6,9-11,13-14,20-25H,2,5,7-8,12,15-18H2,1,3-4H3,(H,32,33)/t20-,21-,22-,23-,24-,25+/m1/s1. The van der Waals surface area contributed by atoms with Gasteiger partial charge in [0.1, 0.15) is 31.5 Å². The molecule has 2 aliphatic heterocycles. The van der Waals surface area contributed by atoms with Gasteiger partial charge in [0.25, 0.3) is 0 Å². The second-order valence-corrected chi connectivity index (χ2v) is 17.5. The number of ether oxygens (including phenoxy) is 6. The molecule has 0 aromatic heterocycles. The molecule has 2 heterocycles. The second-order valence-electron chi connectivity index (χ2n) is 10.7. The molecule has 42 heavy (non-hydrogen) atoms. The summed E-state index contributed by atoms with van der Waals surface area (Å²) < 4.78 is 39.4. The highest BCUT2D eigenvalue weighted by Gasteiger charge is 2.54. The zero-order valence-electron chi connectivity index (χ0n) is 24.1. The van der Waals surface area contributed by atoms with Crippen LogP contribution in [0.3, 0.4) is 0 Å². The van der Waals surface area contributed by atoms with E-state index in [0.29, 0.717) is 0 Å². The first-order valence-corrected chi connectivity index (χ1v) is 18.3. The molecule has 10 nitrogen and oxygen atoms in total. The molecule has 2 fully saturated rings. The van der Waals surface area contributed by atoms with E-state index in [1.807, 2.05) is 30.3 Å². The van der Waals surface area contributed by atoms with Crippen molar-refractivity contribution in [3.8, 4) is 0 Å². The minimum atomic E-state index is -2.34. The predicted octanol–water partition coefficient (Wildman–Crippen LogP) is 6.80. The molecule has 1 amide bonds. The first kappa shape index (κ1) is 34.9. The maximum Gasteiger partial charge on any atom is 0.509 e. The van der Waals surface area contributed by atoms with Crippen LogP contribution in [0.15, 0.2) is 43.0 Å². The summed E-state index contributed by atoms with van der Waals surface area (Å²) in [5, 5.41) is 2.70. The molecule has 14 heteroatoms. The predicted molar refractivity (Wildman–Crippen MR) is 161 cm³/mol. The van der Waals surface area contributed by atoms with Gasteiger partial charge in [-0.15, -0.1) is 0 Å². The van der Waals surface area contributed by atoms with Gasteiger partial charge >= 0.3 is 12.2 Å². The first-order valence-electron chi connectivity index (χ1n) is 14.0. The average molecular weight is 669 g/mol. The molecule has 236 valence electrons. The smallest absolute Gasteiger partial charge is 0.445 e. The van der Waals surface area contributed by atoms with E-state index in [1.165, 1.54) is 6.08 Å². The van der Waals surface area contributed by atoms with Gasteiger partial charge in [0.2, 0.25) is 3.79 Å². The number of unbranched alkanes of at least 4 members (excludes halogenated alkanes) is 3. The van der Waals surface area contributed by atoms with E-state index in [2.05, 4.69) is 31.9 Å². The molecule has 0 spiro atoms.